The highest BCUT2D eigenvalue weighted by molar-refractivity contribution is 6.06. The topological polar surface area (TPSA) is 58.6 Å². The molecule has 0 bridgehead atoms. The summed E-state index contributed by atoms with van der Waals surface area (Å²) < 4.78 is 43.6. The molecule has 8 heteroatoms. The summed E-state index contributed by atoms with van der Waals surface area (Å²) in [5, 5.41) is 3.04. The van der Waals surface area contributed by atoms with Gasteiger partial charge in [-0.1, -0.05) is 60.7 Å². The second-order valence-corrected chi connectivity index (χ2v) is 9.23. The van der Waals surface area contributed by atoms with E-state index in [0.717, 1.165) is 56.7 Å². The number of carbonyl (C=O) groups excluding carboxylic acids is 2. The standard InChI is InChI=1S/C30H29F3N2O3/c31-30(32,33)25-11-9-24(10-12-25)28(36)15-8-22-6-13-27(14-7-22)38-21-29(37)34-26-16-18-35(19-17-26)20-23-4-2-1-3-5-23/h1-15,26H,16-21H2,(H,34,37)/b15-8+. The zero-order valence-corrected chi connectivity index (χ0v) is 20.8. The lowest BCUT2D eigenvalue weighted by Gasteiger charge is -2.32. The first kappa shape index (κ1) is 27.1. The van der Waals surface area contributed by atoms with Crippen molar-refractivity contribution in [3.63, 3.8) is 0 Å². The lowest BCUT2D eigenvalue weighted by molar-refractivity contribution is -0.137. The highest BCUT2D eigenvalue weighted by Crippen LogP contribution is 2.29. The van der Waals surface area contributed by atoms with E-state index in [2.05, 4.69) is 22.3 Å². The van der Waals surface area contributed by atoms with E-state index >= 15 is 0 Å². The number of allylic oxidation sites excluding steroid dienone is 1. The number of amides is 1. The minimum absolute atomic E-state index is 0.0914. The van der Waals surface area contributed by atoms with E-state index in [9.17, 15) is 22.8 Å². The molecule has 4 rings (SSSR count). The number of likely N-dealkylation sites (tertiary alicyclic amines) is 1. The van der Waals surface area contributed by atoms with Crippen LogP contribution in [0, 0.1) is 0 Å². The number of nitrogens with zero attached hydrogens (tertiary/aromatic N) is 1. The molecule has 0 aromatic heterocycles. The molecule has 0 unspecified atom stereocenters. The molecule has 1 heterocycles. The molecule has 1 fully saturated rings. The number of nitrogens with one attached hydrogen (secondary N) is 1. The average molecular weight is 523 g/mol. The van der Waals surface area contributed by atoms with E-state index in [1.54, 1.807) is 30.3 Å². The van der Waals surface area contributed by atoms with Crippen molar-refractivity contribution in [2.24, 2.45) is 0 Å². The van der Waals surface area contributed by atoms with E-state index in [4.69, 9.17) is 4.74 Å². The number of halogens is 3. The molecule has 1 aliphatic rings. The van der Waals surface area contributed by atoms with Gasteiger partial charge >= 0.3 is 6.18 Å². The number of piperidine rings is 1. The number of rotatable bonds is 9. The van der Waals surface area contributed by atoms with E-state index < -0.39 is 17.5 Å². The Morgan fingerprint density at radius 3 is 2.21 bits per heavy atom. The quantitative estimate of drug-likeness (QED) is 0.287. The van der Waals surface area contributed by atoms with Gasteiger partial charge in [-0.3, -0.25) is 14.5 Å². The molecule has 3 aromatic rings. The van der Waals surface area contributed by atoms with Crippen LogP contribution in [0.15, 0.2) is 84.9 Å². The third kappa shape index (κ3) is 8.05. The summed E-state index contributed by atoms with van der Waals surface area (Å²) in [4.78, 5) is 27.0. The fourth-order valence-electron chi connectivity index (χ4n) is 4.26. The number of benzene rings is 3. The average Bonchev–Trinajstić information content (AvgIpc) is 2.92. The van der Waals surface area contributed by atoms with Gasteiger partial charge in [0.15, 0.2) is 12.4 Å². The van der Waals surface area contributed by atoms with Crippen LogP contribution in [0.2, 0.25) is 0 Å². The minimum atomic E-state index is -4.44. The van der Waals surface area contributed by atoms with Crippen LogP contribution in [0.25, 0.3) is 6.08 Å². The van der Waals surface area contributed by atoms with E-state index in [0.29, 0.717) is 11.3 Å². The molecule has 1 N–H and O–H groups in total. The van der Waals surface area contributed by atoms with E-state index in [-0.39, 0.29) is 24.1 Å². The number of ketones is 1. The Balaban J connectivity index is 1.18. The number of carbonyl (C=O) groups is 2. The predicted octanol–water partition coefficient (Wildman–Crippen LogP) is 5.76. The van der Waals surface area contributed by atoms with Gasteiger partial charge in [0, 0.05) is 31.2 Å². The van der Waals surface area contributed by atoms with Gasteiger partial charge in [-0.25, -0.2) is 0 Å². The molecule has 0 spiro atoms. The van der Waals surface area contributed by atoms with Gasteiger partial charge in [-0.15, -0.1) is 0 Å². The molecule has 1 saturated heterocycles. The van der Waals surface area contributed by atoms with Crippen molar-refractivity contribution >= 4 is 17.8 Å². The highest BCUT2D eigenvalue weighted by atomic mass is 19.4. The Kier molecular flexibility index (Phi) is 8.97. The molecule has 0 radical (unpaired) electrons. The molecule has 198 valence electrons. The number of ether oxygens (including phenoxy) is 1. The van der Waals surface area contributed by atoms with E-state index in [1.165, 1.54) is 11.6 Å². The van der Waals surface area contributed by atoms with Crippen molar-refractivity contribution in [2.45, 2.75) is 31.6 Å². The summed E-state index contributed by atoms with van der Waals surface area (Å²) in [6, 6.07) is 21.4. The maximum Gasteiger partial charge on any atom is 0.416 e. The Labute approximate surface area is 219 Å². The smallest absolute Gasteiger partial charge is 0.416 e. The van der Waals surface area contributed by atoms with Gasteiger partial charge < -0.3 is 10.1 Å². The largest absolute Gasteiger partial charge is 0.484 e. The molecule has 0 aliphatic carbocycles. The first-order valence-corrected chi connectivity index (χ1v) is 12.4. The fraction of sp³-hybridized carbons (Fsp3) is 0.267. The van der Waals surface area contributed by atoms with Crippen LogP contribution in [-0.4, -0.2) is 42.3 Å². The zero-order chi connectivity index (χ0) is 27.0. The van der Waals surface area contributed by atoms with Gasteiger partial charge in [0.05, 0.1) is 5.56 Å². The van der Waals surface area contributed by atoms with Gasteiger partial charge in [-0.05, 0) is 54.3 Å². The molecule has 0 atom stereocenters. The maximum absolute atomic E-state index is 12.7. The SMILES string of the molecule is O=C(COc1ccc(/C=C/C(=O)c2ccc(C(F)(F)F)cc2)cc1)NC1CCN(Cc2ccccc2)CC1. The Hall–Kier alpha value is -3.91. The summed E-state index contributed by atoms with van der Waals surface area (Å²) in [7, 11) is 0. The molecule has 0 saturated carbocycles. The van der Waals surface area contributed by atoms with Crippen molar-refractivity contribution in [2.75, 3.05) is 19.7 Å². The van der Waals surface area contributed by atoms with Crippen LogP contribution < -0.4 is 10.1 Å². The molecule has 38 heavy (non-hydrogen) atoms. The van der Waals surface area contributed by atoms with Crippen LogP contribution >= 0.6 is 0 Å². The van der Waals surface area contributed by atoms with Gasteiger partial charge in [0.2, 0.25) is 0 Å². The van der Waals surface area contributed by atoms with Crippen LogP contribution in [0.1, 0.15) is 39.9 Å². The molecule has 1 aliphatic heterocycles. The van der Waals surface area contributed by atoms with Gasteiger partial charge in [0.25, 0.3) is 5.91 Å². The van der Waals surface area contributed by atoms with Crippen LogP contribution in [0.5, 0.6) is 5.75 Å². The summed E-state index contributed by atoms with van der Waals surface area (Å²) in [6.45, 7) is 2.68. The lowest BCUT2D eigenvalue weighted by atomic mass is 10.0. The summed E-state index contributed by atoms with van der Waals surface area (Å²) in [5.74, 6) is -0.0525. The molecule has 1 amide bonds. The first-order valence-electron chi connectivity index (χ1n) is 12.4. The number of alkyl halides is 3. The normalized spacial score (nSPS) is 14.9. The van der Waals surface area contributed by atoms with Crippen LogP contribution in [-0.2, 0) is 17.5 Å². The summed E-state index contributed by atoms with van der Waals surface area (Å²) in [6.07, 6.45) is 0.218. The molecule has 5 nitrogen and oxygen atoms in total. The molecular formula is C30H29F3N2O3. The Morgan fingerprint density at radius 2 is 1.58 bits per heavy atom. The first-order chi connectivity index (χ1) is 18.3. The van der Waals surface area contributed by atoms with Crippen molar-refractivity contribution < 1.29 is 27.5 Å². The number of hydrogen-bond acceptors (Lipinski definition) is 4. The Morgan fingerprint density at radius 1 is 0.921 bits per heavy atom. The van der Waals surface area contributed by atoms with Crippen molar-refractivity contribution in [1.29, 1.82) is 0 Å². The summed E-state index contributed by atoms with van der Waals surface area (Å²) in [5.41, 5.74) is 1.37. The lowest BCUT2D eigenvalue weighted by Crippen LogP contribution is -2.45. The fourth-order valence-corrected chi connectivity index (χ4v) is 4.26. The predicted molar refractivity (Wildman–Crippen MR) is 140 cm³/mol. The van der Waals surface area contributed by atoms with Gasteiger partial charge in [0.1, 0.15) is 5.75 Å². The zero-order valence-electron chi connectivity index (χ0n) is 20.8. The third-order valence-corrected chi connectivity index (χ3v) is 6.38. The van der Waals surface area contributed by atoms with Crippen LogP contribution in [0.4, 0.5) is 13.2 Å². The molecular weight excluding hydrogens is 493 g/mol. The summed E-state index contributed by atoms with van der Waals surface area (Å²) >= 11 is 0. The van der Waals surface area contributed by atoms with E-state index in [1.807, 2.05) is 18.2 Å². The second kappa shape index (κ2) is 12.6. The van der Waals surface area contributed by atoms with Crippen molar-refractivity contribution in [3.05, 3.63) is 107 Å². The monoisotopic (exact) mass is 522 g/mol. The number of hydrogen-bond donors (Lipinski definition) is 1. The van der Waals surface area contributed by atoms with Gasteiger partial charge in [-0.2, -0.15) is 13.2 Å². The minimum Gasteiger partial charge on any atom is -0.484 e. The second-order valence-electron chi connectivity index (χ2n) is 9.23. The van der Waals surface area contributed by atoms with Crippen LogP contribution in [0.3, 0.4) is 0 Å². The highest BCUT2D eigenvalue weighted by Gasteiger charge is 2.30. The molecule has 3 aromatic carbocycles. The third-order valence-electron chi connectivity index (χ3n) is 6.38. The maximum atomic E-state index is 12.7. The Bertz CT molecular complexity index is 1230. The van der Waals surface area contributed by atoms with Crippen molar-refractivity contribution in [1.82, 2.24) is 10.2 Å². The van der Waals surface area contributed by atoms with Crippen molar-refractivity contribution in [3.8, 4) is 5.75 Å².